The quantitative estimate of drug-likeness (QED) is 0.499. The first kappa shape index (κ1) is 19.7. The second-order valence-electron chi connectivity index (χ2n) is 7.06. The number of hydrogen-bond donors (Lipinski definition) is 4. The minimum Gasteiger partial charge on any atom is -0.346 e. The van der Waals surface area contributed by atoms with Crippen LogP contribution >= 0.6 is 0 Å². The standard InChI is InChI=1S/C20H18F3N5O2/c21-20(22,23)10-25-19(30)26-13-5-3-11(4-6-13)15-9-16(28-18(29)12-1-2-12)27-17-14(15)7-8-24-17/h3-9,12H,1-2,10H2,(H2,25,26,30)(H2,24,27,28,29). The molecule has 0 radical (unpaired) electrons. The minimum absolute atomic E-state index is 0.0449. The molecule has 0 atom stereocenters. The summed E-state index contributed by atoms with van der Waals surface area (Å²) in [5.41, 5.74) is 2.58. The molecule has 1 aromatic carbocycles. The van der Waals surface area contributed by atoms with E-state index >= 15 is 0 Å². The summed E-state index contributed by atoms with van der Waals surface area (Å²) in [6, 6.07) is 9.33. The summed E-state index contributed by atoms with van der Waals surface area (Å²) < 4.78 is 36.5. The Balaban J connectivity index is 1.52. The molecular formula is C20H18F3N5O2. The van der Waals surface area contributed by atoms with E-state index in [1.807, 2.05) is 6.07 Å². The number of hydrogen-bond acceptors (Lipinski definition) is 3. The molecule has 3 amide bonds. The number of halogens is 3. The number of urea groups is 1. The molecule has 156 valence electrons. The molecule has 1 aliphatic rings. The molecule has 1 aliphatic carbocycles. The molecule has 10 heteroatoms. The van der Waals surface area contributed by atoms with E-state index in [1.165, 1.54) is 0 Å². The molecule has 0 unspecified atom stereocenters. The summed E-state index contributed by atoms with van der Waals surface area (Å²) in [6.07, 6.45) is -0.964. The van der Waals surface area contributed by atoms with Gasteiger partial charge < -0.3 is 20.9 Å². The van der Waals surface area contributed by atoms with Gasteiger partial charge >= 0.3 is 12.2 Å². The van der Waals surface area contributed by atoms with Gasteiger partial charge in [0, 0.05) is 23.2 Å². The minimum atomic E-state index is -4.48. The van der Waals surface area contributed by atoms with Crippen LogP contribution in [0.4, 0.5) is 29.5 Å². The lowest BCUT2D eigenvalue weighted by Crippen LogP contribution is -2.36. The smallest absolute Gasteiger partial charge is 0.346 e. The van der Waals surface area contributed by atoms with E-state index in [0.29, 0.717) is 17.2 Å². The first-order valence-corrected chi connectivity index (χ1v) is 9.29. The van der Waals surface area contributed by atoms with Gasteiger partial charge in [-0.15, -0.1) is 0 Å². The van der Waals surface area contributed by atoms with Crippen LogP contribution in [0.2, 0.25) is 0 Å². The lowest BCUT2D eigenvalue weighted by molar-refractivity contribution is -0.122. The normalized spacial score (nSPS) is 13.8. The van der Waals surface area contributed by atoms with Gasteiger partial charge in [0.05, 0.1) is 0 Å². The molecule has 0 saturated heterocycles. The summed E-state index contributed by atoms with van der Waals surface area (Å²) in [5.74, 6) is 0.429. The maximum Gasteiger partial charge on any atom is 0.405 e. The number of fused-ring (bicyclic) bond motifs is 1. The molecule has 2 heterocycles. The van der Waals surface area contributed by atoms with Crippen molar-refractivity contribution in [2.45, 2.75) is 19.0 Å². The molecule has 0 spiro atoms. The lowest BCUT2D eigenvalue weighted by Gasteiger charge is -2.11. The van der Waals surface area contributed by atoms with Gasteiger partial charge in [0.15, 0.2) is 0 Å². The highest BCUT2D eigenvalue weighted by atomic mass is 19.4. The summed E-state index contributed by atoms with van der Waals surface area (Å²) in [7, 11) is 0. The number of aromatic amines is 1. The maximum absolute atomic E-state index is 12.2. The number of amides is 3. The van der Waals surface area contributed by atoms with E-state index in [4.69, 9.17) is 0 Å². The third-order valence-corrected chi connectivity index (χ3v) is 4.63. The van der Waals surface area contributed by atoms with Crippen molar-refractivity contribution in [1.82, 2.24) is 15.3 Å². The molecular weight excluding hydrogens is 399 g/mol. The molecule has 7 nitrogen and oxygen atoms in total. The van der Waals surface area contributed by atoms with E-state index in [0.717, 1.165) is 29.4 Å². The van der Waals surface area contributed by atoms with Crippen molar-refractivity contribution in [3.05, 3.63) is 42.6 Å². The number of aromatic nitrogens is 2. The predicted octanol–water partition coefficient (Wildman–Crippen LogP) is 4.26. The Morgan fingerprint density at radius 3 is 2.50 bits per heavy atom. The first-order valence-electron chi connectivity index (χ1n) is 9.29. The second-order valence-corrected chi connectivity index (χ2v) is 7.06. The van der Waals surface area contributed by atoms with E-state index in [2.05, 4.69) is 20.6 Å². The van der Waals surface area contributed by atoms with Gasteiger partial charge in [-0.3, -0.25) is 4.79 Å². The average molecular weight is 417 g/mol. The van der Waals surface area contributed by atoms with Crippen LogP contribution in [0.15, 0.2) is 42.6 Å². The Morgan fingerprint density at radius 2 is 1.83 bits per heavy atom. The molecule has 2 aromatic heterocycles. The Kier molecular flexibility index (Phi) is 5.06. The lowest BCUT2D eigenvalue weighted by atomic mass is 10.0. The molecule has 4 rings (SSSR count). The van der Waals surface area contributed by atoms with E-state index in [-0.39, 0.29) is 11.8 Å². The fourth-order valence-corrected chi connectivity index (χ4v) is 3.00. The van der Waals surface area contributed by atoms with Gasteiger partial charge in [-0.25, -0.2) is 9.78 Å². The molecule has 1 fully saturated rings. The van der Waals surface area contributed by atoms with Crippen LogP contribution in [0.3, 0.4) is 0 Å². The fourth-order valence-electron chi connectivity index (χ4n) is 3.00. The molecule has 3 aromatic rings. The van der Waals surface area contributed by atoms with Gasteiger partial charge in [0.25, 0.3) is 0 Å². The zero-order valence-corrected chi connectivity index (χ0v) is 15.6. The van der Waals surface area contributed by atoms with Gasteiger partial charge in [-0.05, 0) is 48.2 Å². The van der Waals surface area contributed by atoms with E-state index in [9.17, 15) is 22.8 Å². The number of nitrogens with zero attached hydrogens (tertiary/aromatic N) is 1. The number of carbonyl (C=O) groups excluding carboxylic acids is 2. The Labute approximate surface area is 169 Å². The second kappa shape index (κ2) is 7.69. The molecule has 0 aliphatic heterocycles. The van der Waals surface area contributed by atoms with Gasteiger partial charge in [-0.1, -0.05) is 12.1 Å². The summed E-state index contributed by atoms with van der Waals surface area (Å²) >= 11 is 0. The van der Waals surface area contributed by atoms with E-state index < -0.39 is 18.8 Å². The molecule has 1 saturated carbocycles. The maximum atomic E-state index is 12.2. The zero-order chi connectivity index (χ0) is 21.3. The van der Waals surface area contributed by atoms with Gasteiger partial charge in [-0.2, -0.15) is 13.2 Å². The highest BCUT2D eigenvalue weighted by molar-refractivity contribution is 5.99. The summed E-state index contributed by atoms with van der Waals surface area (Å²) in [5, 5.41) is 7.79. The van der Waals surface area contributed by atoms with Crippen LogP contribution in [0.5, 0.6) is 0 Å². The number of nitrogens with one attached hydrogen (secondary N) is 4. The van der Waals surface area contributed by atoms with Crippen molar-refractivity contribution < 1.29 is 22.8 Å². The molecule has 0 bridgehead atoms. The number of H-pyrrole nitrogens is 1. The number of anilines is 2. The number of carbonyl (C=O) groups is 2. The summed E-state index contributed by atoms with van der Waals surface area (Å²) in [4.78, 5) is 31.1. The van der Waals surface area contributed by atoms with Crippen LogP contribution in [0.1, 0.15) is 12.8 Å². The zero-order valence-electron chi connectivity index (χ0n) is 15.6. The largest absolute Gasteiger partial charge is 0.405 e. The Morgan fingerprint density at radius 1 is 1.10 bits per heavy atom. The van der Waals surface area contributed by atoms with Crippen LogP contribution in [0.25, 0.3) is 22.2 Å². The Bertz CT molecular complexity index is 1090. The Hall–Kier alpha value is -3.56. The van der Waals surface area contributed by atoms with Crippen LogP contribution < -0.4 is 16.0 Å². The topological polar surface area (TPSA) is 98.9 Å². The highest BCUT2D eigenvalue weighted by Crippen LogP contribution is 2.33. The van der Waals surface area contributed by atoms with Gasteiger partial charge in [0.2, 0.25) is 5.91 Å². The van der Waals surface area contributed by atoms with E-state index in [1.54, 1.807) is 41.8 Å². The van der Waals surface area contributed by atoms with Crippen molar-refractivity contribution in [3.63, 3.8) is 0 Å². The summed E-state index contributed by atoms with van der Waals surface area (Å²) in [6.45, 7) is -1.41. The number of alkyl halides is 3. The van der Waals surface area contributed by atoms with Crippen molar-refractivity contribution in [3.8, 4) is 11.1 Å². The van der Waals surface area contributed by atoms with Crippen LogP contribution in [0, 0.1) is 5.92 Å². The third kappa shape index (κ3) is 4.70. The number of rotatable bonds is 5. The van der Waals surface area contributed by atoms with Crippen LogP contribution in [-0.4, -0.2) is 34.6 Å². The SMILES string of the molecule is O=C(NCC(F)(F)F)Nc1ccc(-c2cc(NC(=O)C3CC3)nc3[nH]ccc23)cc1. The molecule has 30 heavy (non-hydrogen) atoms. The fraction of sp³-hybridized carbons (Fsp3) is 0.250. The number of benzene rings is 1. The van der Waals surface area contributed by atoms with Crippen molar-refractivity contribution in [2.75, 3.05) is 17.2 Å². The predicted molar refractivity (Wildman–Crippen MR) is 106 cm³/mol. The number of pyridine rings is 1. The monoisotopic (exact) mass is 417 g/mol. The highest BCUT2D eigenvalue weighted by Gasteiger charge is 2.30. The first-order chi connectivity index (χ1) is 14.3. The van der Waals surface area contributed by atoms with Crippen molar-refractivity contribution in [1.29, 1.82) is 0 Å². The van der Waals surface area contributed by atoms with Crippen molar-refractivity contribution >= 4 is 34.5 Å². The van der Waals surface area contributed by atoms with Crippen LogP contribution in [-0.2, 0) is 4.79 Å². The van der Waals surface area contributed by atoms with Gasteiger partial charge in [0.1, 0.15) is 18.0 Å². The third-order valence-electron chi connectivity index (χ3n) is 4.63. The average Bonchev–Trinajstić information content (AvgIpc) is 3.44. The molecule has 4 N–H and O–H groups in total. The van der Waals surface area contributed by atoms with Crippen molar-refractivity contribution in [2.24, 2.45) is 5.92 Å².